The van der Waals surface area contributed by atoms with Gasteiger partial charge < -0.3 is 25.9 Å². The maximum absolute atomic E-state index is 12.9. The molecule has 2 unspecified atom stereocenters. The number of carbonyl (C=O) groups excluding carboxylic acids is 3. The average Bonchev–Trinajstić information content (AvgIpc) is 3.62. The van der Waals surface area contributed by atoms with Crippen LogP contribution in [0.25, 0.3) is 16.5 Å². The maximum Gasteiger partial charge on any atom is 0.300 e. The summed E-state index contributed by atoms with van der Waals surface area (Å²) in [6.45, 7) is 6.39. The number of amides is 2. The van der Waals surface area contributed by atoms with Crippen molar-refractivity contribution in [2.24, 2.45) is 5.92 Å². The SMILES string of the molecule is CC(=O)O.CC(C=O)NC(=O)CNC(=O)C(NC(=C1CC1)c1nccc2ccccc12)C(C)C. The molecule has 0 aliphatic heterocycles. The lowest BCUT2D eigenvalue weighted by molar-refractivity contribution is -0.134. The molecule has 2 aromatic rings. The van der Waals surface area contributed by atoms with Crippen molar-refractivity contribution in [1.82, 2.24) is 20.9 Å². The molecule has 1 aliphatic rings. The minimum atomic E-state index is -0.833. The van der Waals surface area contributed by atoms with Gasteiger partial charge in [0.25, 0.3) is 5.97 Å². The Labute approximate surface area is 199 Å². The first-order valence-electron chi connectivity index (χ1n) is 11.2. The molecule has 0 spiro atoms. The van der Waals surface area contributed by atoms with Gasteiger partial charge in [-0.25, -0.2) is 0 Å². The third-order valence-corrected chi connectivity index (χ3v) is 5.03. The number of carbonyl (C=O) groups is 4. The predicted molar refractivity (Wildman–Crippen MR) is 130 cm³/mol. The lowest BCUT2D eigenvalue weighted by Crippen LogP contribution is -2.50. The van der Waals surface area contributed by atoms with E-state index in [0.29, 0.717) is 6.29 Å². The van der Waals surface area contributed by atoms with Crippen molar-refractivity contribution in [1.29, 1.82) is 0 Å². The highest BCUT2D eigenvalue weighted by Gasteiger charge is 2.28. The Morgan fingerprint density at radius 1 is 1.09 bits per heavy atom. The summed E-state index contributed by atoms with van der Waals surface area (Å²) >= 11 is 0. The van der Waals surface area contributed by atoms with E-state index in [0.717, 1.165) is 41.9 Å². The van der Waals surface area contributed by atoms with Crippen LogP contribution in [0.2, 0.25) is 0 Å². The molecule has 1 aromatic carbocycles. The predicted octanol–water partition coefficient (Wildman–Crippen LogP) is 2.26. The quantitative estimate of drug-likeness (QED) is 0.414. The second-order valence-corrected chi connectivity index (χ2v) is 8.45. The monoisotopic (exact) mass is 468 g/mol. The molecule has 4 N–H and O–H groups in total. The number of aromatic nitrogens is 1. The van der Waals surface area contributed by atoms with E-state index in [4.69, 9.17) is 9.90 Å². The highest BCUT2D eigenvalue weighted by molar-refractivity contribution is 5.94. The molecule has 1 saturated carbocycles. The van der Waals surface area contributed by atoms with Crippen LogP contribution in [0.15, 0.2) is 42.1 Å². The number of nitrogens with one attached hydrogen (secondary N) is 3. The molecule has 0 bridgehead atoms. The minimum absolute atomic E-state index is 0.00807. The summed E-state index contributed by atoms with van der Waals surface area (Å²) in [5, 5.41) is 18.1. The Bertz CT molecular complexity index is 1060. The van der Waals surface area contributed by atoms with Crippen molar-refractivity contribution in [3.05, 3.63) is 47.8 Å². The van der Waals surface area contributed by atoms with Crippen molar-refractivity contribution in [2.75, 3.05) is 6.54 Å². The number of pyridine rings is 1. The van der Waals surface area contributed by atoms with Crippen LogP contribution in [0.3, 0.4) is 0 Å². The smallest absolute Gasteiger partial charge is 0.300 e. The average molecular weight is 469 g/mol. The number of fused-ring (bicyclic) bond motifs is 1. The number of hydrogen-bond acceptors (Lipinski definition) is 6. The third-order valence-electron chi connectivity index (χ3n) is 5.03. The van der Waals surface area contributed by atoms with Crippen LogP contribution >= 0.6 is 0 Å². The molecule has 1 aromatic heterocycles. The van der Waals surface area contributed by atoms with E-state index in [1.54, 1.807) is 13.1 Å². The summed E-state index contributed by atoms with van der Waals surface area (Å²) in [5.74, 6) is -1.51. The molecule has 2 amide bonds. The van der Waals surface area contributed by atoms with E-state index in [1.165, 1.54) is 5.57 Å². The highest BCUT2D eigenvalue weighted by atomic mass is 16.4. The largest absolute Gasteiger partial charge is 0.481 e. The normalized spacial score (nSPS) is 13.7. The van der Waals surface area contributed by atoms with E-state index in [2.05, 4.69) is 20.9 Å². The molecule has 9 heteroatoms. The van der Waals surface area contributed by atoms with Gasteiger partial charge in [0.15, 0.2) is 0 Å². The van der Waals surface area contributed by atoms with E-state index in [1.807, 2.05) is 44.2 Å². The van der Waals surface area contributed by atoms with E-state index in [9.17, 15) is 14.4 Å². The van der Waals surface area contributed by atoms with Gasteiger partial charge in [-0.15, -0.1) is 0 Å². The summed E-state index contributed by atoms with van der Waals surface area (Å²) < 4.78 is 0. The van der Waals surface area contributed by atoms with Crippen molar-refractivity contribution < 1.29 is 24.3 Å². The Hall–Kier alpha value is -3.75. The van der Waals surface area contributed by atoms with E-state index >= 15 is 0 Å². The molecule has 9 nitrogen and oxygen atoms in total. The van der Waals surface area contributed by atoms with Crippen LogP contribution in [0, 0.1) is 5.92 Å². The first kappa shape index (κ1) is 26.5. The van der Waals surface area contributed by atoms with Gasteiger partial charge in [0.2, 0.25) is 11.8 Å². The second-order valence-electron chi connectivity index (χ2n) is 8.45. The Morgan fingerprint density at radius 3 is 2.32 bits per heavy atom. The standard InChI is InChI=1S/C23H28N4O3.C2H4O2/c1-14(2)20(23(30)25-12-19(29)26-15(3)13-28)27-21(17-8-9-17)22-18-7-5-4-6-16(18)10-11-24-22;1-2(3)4/h4-7,10-11,13-15,20,27H,8-9,12H2,1-3H3,(H,25,30)(H,26,29);1H3,(H,3,4). The molecular weight excluding hydrogens is 436 g/mol. The molecule has 0 saturated heterocycles. The summed E-state index contributed by atoms with van der Waals surface area (Å²) in [6, 6.07) is 8.91. The molecule has 3 rings (SSSR count). The second kappa shape index (κ2) is 12.5. The van der Waals surface area contributed by atoms with Gasteiger partial charge in [-0.05, 0) is 42.7 Å². The maximum atomic E-state index is 12.9. The van der Waals surface area contributed by atoms with Gasteiger partial charge in [0, 0.05) is 18.5 Å². The van der Waals surface area contributed by atoms with Gasteiger partial charge in [-0.3, -0.25) is 19.4 Å². The van der Waals surface area contributed by atoms with Gasteiger partial charge in [0.05, 0.1) is 24.0 Å². The van der Waals surface area contributed by atoms with Crippen molar-refractivity contribution >= 4 is 40.5 Å². The van der Waals surface area contributed by atoms with Crippen LogP contribution < -0.4 is 16.0 Å². The minimum Gasteiger partial charge on any atom is -0.481 e. The fourth-order valence-corrected chi connectivity index (χ4v) is 3.28. The zero-order valence-corrected chi connectivity index (χ0v) is 19.9. The number of benzene rings is 1. The number of hydrogen-bond donors (Lipinski definition) is 4. The van der Waals surface area contributed by atoms with E-state index in [-0.39, 0.29) is 18.4 Å². The molecule has 1 heterocycles. The number of nitrogens with zero attached hydrogens (tertiary/aromatic N) is 1. The Balaban J connectivity index is 0.000000945. The number of rotatable bonds is 9. The highest BCUT2D eigenvalue weighted by Crippen LogP contribution is 2.37. The summed E-state index contributed by atoms with van der Waals surface area (Å²) in [5.41, 5.74) is 2.99. The molecule has 182 valence electrons. The van der Waals surface area contributed by atoms with Gasteiger partial charge in [0.1, 0.15) is 12.3 Å². The number of carboxylic acid groups (broad SMARTS) is 1. The lowest BCUT2D eigenvalue weighted by Gasteiger charge is -2.25. The molecule has 0 radical (unpaired) electrons. The molecular formula is C25H32N4O5. The zero-order chi connectivity index (χ0) is 25.3. The first-order chi connectivity index (χ1) is 16.1. The molecule has 1 aliphatic carbocycles. The Morgan fingerprint density at radius 2 is 1.74 bits per heavy atom. The molecule has 2 atom stereocenters. The van der Waals surface area contributed by atoms with E-state index < -0.39 is 24.0 Å². The van der Waals surface area contributed by atoms with Gasteiger partial charge >= 0.3 is 0 Å². The molecule has 1 fully saturated rings. The fourth-order valence-electron chi connectivity index (χ4n) is 3.28. The van der Waals surface area contributed by atoms with Crippen LogP contribution in [0.5, 0.6) is 0 Å². The number of aliphatic carboxylic acids is 1. The summed E-state index contributed by atoms with van der Waals surface area (Å²) in [4.78, 5) is 49.0. The third kappa shape index (κ3) is 7.99. The van der Waals surface area contributed by atoms with Crippen LogP contribution in [-0.2, 0) is 19.2 Å². The topological polar surface area (TPSA) is 137 Å². The van der Waals surface area contributed by atoms with Crippen LogP contribution in [0.1, 0.15) is 46.2 Å². The zero-order valence-electron chi connectivity index (χ0n) is 19.9. The summed E-state index contributed by atoms with van der Waals surface area (Å²) in [7, 11) is 0. The van der Waals surface area contributed by atoms with Crippen molar-refractivity contribution in [3.8, 4) is 0 Å². The van der Waals surface area contributed by atoms with Gasteiger partial charge in [-0.1, -0.05) is 38.1 Å². The van der Waals surface area contributed by atoms with Crippen LogP contribution in [0.4, 0.5) is 0 Å². The number of carboxylic acids is 1. The van der Waals surface area contributed by atoms with Crippen LogP contribution in [-0.4, -0.2) is 52.8 Å². The first-order valence-corrected chi connectivity index (χ1v) is 11.2. The summed E-state index contributed by atoms with van der Waals surface area (Å²) in [6.07, 6.45) is 4.38. The number of allylic oxidation sites excluding steroid dienone is 1. The van der Waals surface area contributed by atoms with Gasteiger partial charge in [-0.2, -0.15) is 0 Å². The fraction of sp³-hybridized carbons (Fsp3) is 0.400. The van der Waals surface area contributed by atoms with Crippen molar-refractivity contribution in [2.45, 2.75) is 52.6 Å². The molecule has 34 heavy (non-hydrogen) atoms. The van der Waals surface area contributed by atoms with Crippen molar-refractivity contribution in [3.63, 3.8) is 0 Å². The lowest BCUT2D eigenvalue weighted by atomic mass is 10.0. The number of aldehydes is 1. The Kier molecular flexibility index (Phi) is 9.73.